The largest absolute Gasteiger partial charge is 0.452 e. The van der Waals surface area contributed by atoms with Crippen LogP contribution in [0.3, 0.4) is 0 Å². The van der Waals surface area contributed by atoms with Crippen molar-refractivity contribution in [1.29, 1.82) is 0 Å². The van der Waals surface area contributed by atoms with Crippen molar-refractivity contribution >= 4 is 34.9 Å². The number of rotatable bonds is 4. The summed E-state index contributed by atoms with van der Waals surface area (Å²) < 4.78 is 56.5. The molecule has 2 aromatic carbocycles. The van der Waals surface area contributed by atoms with Crippen molar-refractivity contribution in [3.05, 3.63) is 58.4 Å². The zero-order valence-electron chi connectivity index (χ0n) is 12.9. The molecule has 0 aromatic heterocycles. The van der Waals surface area contributed by atoms with Gasteiger partial charge in [-0.15, -0.1) is 0 Å². The van der Waals surface area contributed by atoms with Crippen LogP contribution in [0.2, 0.25) is 5.02 Å². The van der Waals surface area contributed by atoms with Gasteiger partial charge in [-0.25, -0.2) is 9.18 Å². The molecule has 5 nitrogen and oxygen atoms in total. The van der Waals surface area contributed by atoms with Crippen LogP contribution in [0, 0.1) is 5.82 Å². The van der Waals surface area contributed by atoms with Crippen molar-refractivity contribution < 1.29 is 31.9 Å². The van der Waals surface area contributed by atoms with Crippen LogP contribution in [0.15, 0.2) is 36.4 Å². The molecule has 26 heavy (non-hydrogen) atoms. The molecule has 0 radical (unpaired) electrons. The normalized spacial score (nSPS) is 11.1. The number of amides is 1. The lowest BCUT2D eigenvalue weighted by molar-refractivity contribution is -0.137. The molecule has 0 saturated heterocycles. The van der Waals surface area contributed by atoms with Crippen LogP contribution in [-0.2, 0) is 15.7 Å². The van der Waals surface area contributed by atoms with Crippen LogP contribution < -0.4 is 11.1 Å². The van der Waals surface area contributed by atoms with Crippen LogP contribution in [0.5, 0.6) is 0 Å². The van der Waals surface area contributed by atoms with Gasteiger partial charge in [0, 0.05) is 10.7 Å². The van der Waals surface area contributed by atoms with Gasteiger partial charge in [0.15, 0.2) is 6.61 Å². The second-order valence-electron chi connectivity index (χ2n) is 5.04. The highest BCUT2D eigenvalue weighted by Gasteiger charge is 2.34. The van der Waals surface area contributed by atoms with Gasteiger partial charge in [0.1, 0.15) is 5.82 Å². The molecule has 0 fully saturated rings. The van der Waals surface area contributed by atoms with Crippen LogP contribution in [-0.4, -0.2) is 18.5 Å². The second kappa shape index (κ2) is 7.61. The minimum absolute atomic E-state index is 0.159. The predicted molar refractivity (Wildman–Crippen MR) is 86.2 cm³/mol. The smallest absolute Gasteiger partial charge is 0.418 e. The summed E-state index contributed by atoms with van der Waals surface area (Å²) in [5, 5.41) is 1.83. The number of esters is 1. The average Bonchev–Trinajstić information content (AvgIpc) is 2.53. The van der Waals surface area contributed by atoms with Crippen molar-refractivity contribution in [2.45, 2.75) is 6.18 Å². The topological polar surface area (TPSA) is 81.4 Å². The van der Waals surface area contributed by atoms with Crippen LogP contribution in [0.1, 0.15) is 15.9 Å². The Morgan fingerprint density at radius 2 is 1.85 bits per heavy atom. The van der Waals surface area contributed by atoms with E-state index in [-0.39, 0.29) is 16.3 Å². The summed E-state index contributed by atoms with van der Waals surface area (Å²) in [7, 11) is 0. The fourth-order valence-electron chi connectivity index (χ4n) is 1.97. The molecule has 0 heterocycles. The van der Waals surface area contributed by atoms with E-state index < -0.39 is 41.7 Å². The van der Waals surface area contributed by atoms with Gasteiger partial charge in [-0.05, 0) is 36.4 Å². The van der Waals surface area contributed by atoms with E-state index in [9.17, 15) is 27.2 Å². The zero-order chi connectivity index (χ0) is 19.5. The van der Waals surface area contributed by atoms with Crippen molar-refractivity contribution in [1.82, 2.24) is 0 Å². The number of nitrogen functional groups attached to an aromatic ring is 1. The Morgan fingerprint density at radius 1 is 1.15 bits per heavy atom. The van der Waals surface area contributed by atoms with E-state index in [1.165, 1.54) is 0 Å². The lowest BCUT2D eigenvalue weighted by Gasteiger charge is -2.14. The summed E-state index contributed by atoms with van der Waals surface area (Å²) in [5.74, 6) is -2.70. The quantitative estimate of drug-likeness (QED) is 0.471. The molecule has 0 bridgehead atoms. The molecule has 138 valence electrons. The van der Waals surface area contributed by atoms with Gasteiger partial charge in [0.25, 0.3) is 5.91 Å². The first-order chi connectivity index (χ1) is 12.1. The van der Waals surface area contributed by atoms with Crippen molar-refractivity contribution in [2.75, 3.05) is 17.7 Å². The third-order valence-electron chi connectivity index (χ3n) is 3.13. The highest BCUT2D eigenvalue weighted by Crippen LogP contribution is 2.36. The Hall–Kier alpha value is -2.81. The van der Waals surface area contributed by atoms with Gasteiger partial charge >= 0.3 is 12.1 Å². The molecule has 3 N–H and O–H groups in total. The van der Waals surface area contributed by atoms with Gasteiger partial charge in [-0.1, -0.05) is 11.6 Å². The lowest BCUT2D eigenvalue weighted by atomic mass is 10.1. The molecule has 0 unspecified atom stereocenters. The minimum Gasteiger partial charge on any atom is -0.452 e. The molecule has 0 atom stereocenters. The van der Waals surface area contributed by atoms with Crippen LogP contribution in [0.4, 0.5) is 28.9 Å². The number of benzene rings is 2. The Kier molecular flexibility index (Phi) is 5.71. The fourth-order valence-corrected chi connectivity index (χ4v) is 2.15. The van der Waals surface area contributed by atoms with Crippen molar-refractivity contribution in [3.8, 4) is 0 Å². The summed E-state index contributed by atoms with van der Waals surface area (Å²) in [6, 6.07) is 5.71. The maximum Gasteiger partial charge on any atom is 0.418 e. The van der Waals surface area contributed by atoms with Gasteiger partial charge < -0.3 is 15.8 Å². The molecular formula is C16H11ClF4N2O3. The van der Waals surface area contributed by atoms with Gasteiger partial charge in [0.2, 0.25) is 0 Å². The van der Waals surface area contributed by atoms with Gasteiger partial charge in [-0.2, -0.15) is 13.2 Å². The minimum atomic E-state index is -4.74. The van der Waals surface area contributed by atoms with E-state index in [2.05, 4.69) is 4.74 Å². The standard InChI is InChI=1S/C16H11ClF4N2O3/c17-8-1-4-13(11(5-8)16(19,20)21)23-14(24)7-26-15(25)10-3-2-9(18)6-12(10)22/h1-6H,7,22H2,(H,23,24). The van der Waals surface area contributed by atoms with Crippen molar-refractivity contribution in [2.24, 2.45) is 0 Å². The molecular weight excluding hydrogens is 380 g/mol. The summed E-state index contributed by atoms with van der Waals surface area (Å²) >= 11 is 5.54. The SMILES string of the molecule is Nc1cc(F)ccc1C(=O)OCC(=O)Nc1ccc(Cl)cc1C(F)(F)F. The Bertz CT molecular complexity index is 856. The van der Waals surface area contributed by atoms with E-state index in [4.69, 9.17) is 17.3 Å². The Morgan fingerprint density at radius 3 is 2.46 bits per heavy atom. The number of carbonyl (C=O) groups excluding carboxylic acids is 2. The molecule has 0 aliphatic heterocycles. The molecule has 0 aliphatic carbocycles. The summed E-state index contributed by atoms with van der Waals surface area (Å²) in [4.78, 5) is 23.6. The molecule has 2 rings (SSSR count). The fraction of sp³-hybridized carbons (Fsp3) is 0.125. The highest BCUT2D eigenvalue weighted by molar-refractivity contribution is 6.30. The number of alkyl halides is 3. The Balaban J connectivity index is 2.05. The number of hydrogen-bond donors (Lipinski definition) is 2. The molecule has 0 saturated carbocycles. The van der Waals surface area contributed by atoms with E-state index in [1.54, 1.807) is 0 Å². The first-order valence-electron chi connectivity index (χ1n) is 6.96. The van der Waals surface area contributed by atoms with Crippen molar-refractivity contribution in [3.63, 3.8) is 0 Å². The summed E-state index contributed by atoms with van der Waals surface area (Å²) in [5.41, 5.74) is 3.39. The number of ether oxygens (including phenoxy) is 1. The first kappa shape index (κ1) is 19.5. The number of nitrogens with one attached hydrogen (secondary N) is 1. The van der Waals surface area contributed by atoms with Gasteiger partial charge in [-0.3, -0.25) is 4.79 Å². The Labute approximate surface area is 149 Å². The second-order valence-corrected chi connectivity index (χ2v) is 5.48. The third-order valence-corrected chi connectivity index (χ3v) is 3.36. The maximum absolute atomic E-state index is 13.0. The molecule has 0 spiro atoms. The first-order valence-corrected chi connectivity index (χ1v) is 7.34. The summed E-state index contributed by atoms with van der Waals surface area (Å²) in [6.07, 6.45) is -4.74. The van der Waals surface area contributed by atoms with Gasteiger partial charge in [0.05, 0.1) is 16.8 Å². The molecule has 10 heteroatoms. The highest BCUT2D eigenvalue weighted by atomic mass is 35.5. The number of anilines is 2. The number of carbonyl (C=O) groups is 2. The van der Waals surface area contributed by atoms with E-state index in [0.717, 1.165) is 30.3 Å². The molecule has 2 aromatic rings. The third kappa shape index (κ3) is 4.85. The maximum atomic E-state index is 13.0. The molecule has 0 aliphatic rings. The average molecular weight is 391 g/mol. The number of halogens is 5. The van der Waals surface area contributed by atoms with E-state index in [0.29, 0.717) is 6.07 Å². The number of hydrogen-bond acceptors (Lipinski definition) is 4. The monoisotopic (exact) mass is 390 g/mol. The van der Waals surface area contributed by atoms with Crippen LogP contribution >= 0.6 is 11.6 Å². The van der Waals surface area contributed by atoms with E-state index in [1.807, 2.05) is 5.32 Å². The number of nitrogens with two attached hydrogens (primary N) is 1. The summed E-state index contributed by atoms with van der Waals surface area (Å²) in [6.45, 7) is -0.866. The van der Waals surface area contributed by atoms with E-state index >= 15 is 0 Å². The molecule has 1 amide bonds. The predicted octanol–water partition coefficient (Wildman–Crippen LogP) is 3.88. The lowest BCUT2D eigenvalue weighted by Crippen LogP contribution is -2.23. The zero-order valence-corrected chi connectivity index (χ0v) is 13.6. The van der Waals surface area contributed by atoms with Crippen LogP contribution in [0.25, 0.3) is 0 Å².